The van der Waals surface area contributed by atoms with Gasteiger partial charge in [0, 0.05) is 12.8 Å². The summed E-state index contributed by atoms with van der Waals surface area (Å²) in [4.78, 5) is 23.2. The fraction of sp³-hybridized carbons (Fsp3) is 0.739. The zero-order valence-corrected chi connectivity index (χ0v) is 17.2. The Bertz CT molecular complexity index is 354. The summed E-state index contributed by atoms with van der Waals surface area (Å²) in [6.45, 7) is 7.17. The molecule has 0 radical (unpaired) electrons. The summed E-state index contributed by atoms with van der Waals surface area (Å²) in [5.41, 5.74) is 0. The number of allylic oxidation sites excluding steroid dienone is 2. The first-order chi connectivity index (χ1) is 13.2. The van der Waals surface area contributed by atoms with E-state index < -0.39 is 0 Å². The van der Waals surface area contributed by atoms with Gasteiger partial charge in [0.25, 0.3) is 0 Å². The van der Waals surface area contributed by atoms with E-state index in [0.29, 0.717) is 12.8 Å². The molecule has 27 heavy (non-hydrogen) atoms. The van der Waals surface area contributed by atoms with Gasteiger partial charge in [-0.25, -0.2) is 0 Å². The van der Waals surface area contributed by atoms with Gasteiger partial charge in [-0.05, 0) is 38.5 Å². The molecule has 0 aliphatic heterocycles. The van der Waals surface area contributed by atoms with Crippen LogP contribution in [0.25, 0.3) is 0 Å². The molecule has 0 N–H and O–H groups in total. The van der Waals surface area contributed by atoms with Crippen LogP contribution in [-0.4, -0.2) is 18.7 Å². The van der Waals surface area contributed by atoms with Crippen molar-refractivity contribution in [2.75, 3.05) is 6.79 Å². The van der Waals surface area contributed by atoms with Crippen LogP contribution in [0.3, 0.4) is 0 Å². The fourth-order valence-electron chi connectivity index (χ4n) is 2.84. The van der Waals surface area contributed by atoms with Crippen molar-refractivity contribution >= 4 is 11.9 Å². The van der Waals surface area contributed by atoms with Gasteiger partial charge in [-0.3, -0.25) is 9.59 Å². The van der Waals surface area contributed by atoms with E-state index in [1.54, 1.807) is 0 Å². The molecule has 0 aromatic carbocycles. The molecule has 0 amide bonds. The lowest BCUT2D eigenvalue weighted by atomic mass is 10.1. The van der Waals surface area contributed by atoms with Crippen molar-refractivity contribution in [3.63, 3.8) is 0 Å². The maximum absolute atomic E-state index is 11.6. The standard InChI is InChI=1S/C23H40O4/c1-3-5-7-9-11-13-15-17-19-22(24)26-21-27-23(25)20-18-16-14-12-10-8-6-4-2/h3-4H,1-2,5-21H2. The summed E-state index contributed by atoms with van der Waals surface area (Å²) >= 11 is 0. The predicted molar refractivity (Wildman–Crippen MR) is 111 cm³/mol. The number of unbranched alkanes of at least 4 members (excludes halogenated alkanes) is 12. The fourth-order valence-corrected chi connectivity index (χ4v) is 2.84. The minimum absolute atomic E-state index is 0.249. The maximum Gasteiger partial charge on any atom is 0.308 e. The highest BCUT2D eigenvalue weighted by atomic mass is 16.7. The molecule has 156 valence electrons. The molecule has 4 heteroatoms. The smallest absolute Gasteiger partial charge is 0.308 e. The normalized spacial score (nSPS) is 10.4. The third-order valence-electron chi connectivity index (χ3n) is 4.52. The van der Waals surface area contributed by atoms with Gasteiger partial charge in [0.2, 0.25) is 6.79 Å². The van der Waals surface area contributed by atoms with Gasteiger partial charge in [-0.15, -0.1) is 13.2 Å². The molecule has 4 nitrogen and oxygen atoms in total. The van der Waals surface area contributed by atoms with Gasteiger partial charge in [-0.1, -0.05) is 63.5 Å². The molecule has 0 rings (SSSR count). The maximum atomic E-state index is 11.6. The van der Waals surface area contributed by atoms with Crippen LogP contribution in [0.1, 0.15) is 103 Å². The highest BCUT2D eigenvalue weighted by molar-refractivity contribution is 5.70. The molecule has 0 aromatic heterocycles. The summed E-state index contributed by atoms with van der Waals surface area (Å²) in [7, 11) is 0. The summed E-state index contributed by atoms with van der Waals surface area (Å²) in [6, 6.07) is 0. The van der Waals surface area contributed by atoms with Crippen molar-refractivity contribution in [1.82, 2.24) is 0 Å². The molecule has 0 heterocycles. The Morgan fingerprint density at radius 1 is 0.556 bits per heavy atom. The Kier molecular flexibility index (Phi) is 19.5. The average molecular weight is 381 g/mol. The molecule has 0 saturated heterocycles. The van der Waals surface area contributed by atoms with E-state index >= 15 is 0 Å². The second kappa shape index (κ2) is 20.7. The van der Waals surface area contributed by atoms with Crippen LogP contribution in [0.5, 0.6) is 0 Å². The quantitative estimate of drug-likeness (QED) is 0.103. The molecule has 0 spiro atoms. The second-order valence-corrected chi connectivity index (χ2v) is 7.05. The molecule has 0 fully saturated rings. The zero-order valence-electron chi connectivity index (χ0n) is 17.2. The minimum atomic E-state index is -0.283. The highest BCUT2D eigenvalue weighted by Gasteiger charge is 2.06. The third-order valence-corrected chi connectivity index (χ3v) is 4.52. The van der Waals surface area contributed by atoms with Gasteiger partial charge in [0.15, 0.2) is 0 Å². The lowest BCUT2D eigenvalue weighted by Crippen LogP contribution is -2.12. The number of hydrogen-bond acceptors (Lipinski definition) is 4. The monoisotopic (exact) mass is 380 g/mol. The summed E-state index contributed by atoms with van der Waals surface area (Å²) in [5.74, 6) is -0.567. The van der Waals surface area contributed by atoms with Crippen molar-refractivity contribution in [2.24, 2.45) is 0 Å². The van der Waals surface area contributed by atoms with E-state index in [1.807, 2.05) is 12.2 Å². The Morgan fingerprint density at radius 3 is 1.26 bits per heavy atom. The number of carbonyl (C=O) groups excluding carboxylic acids is 2. The van der Waals surface area contributed by atoms with E-state index in [4.69, 9.17) is 9.47 Å². The van der Waals surface area contributed by atoms with E-state index in [2.05, 4.69) is 13.2 Å². The molecular weight excluding hydrogens is 340 g/mol. The van der Waals surface area contributed by atoms with Crippen LogP contribution in [0.15, 0.2) is 25.3 Å². The molecule has 0 bridgehead atoms. The van der Waals surface area contributed by atoms with E-state index in [1.165, 1.54) is 38.5 Å². The van der Waals surface area contributed by atoms with Crippen LogP contribution in [0.4, 0.5) is 0 Å². The third kappa shape index (κ3) is 20.6. The van der Waals surface area contributed by atoms with Crippen LogP contribution in [0.2, 0.25) is 0 Å². The van der Waals surface area contributed by atoms with Gasteiger partial charge in [-0.2, -0.15) is 0 Å². The van der Waals surface area contributed by atoms with Gasteiger partial charge < -0.3 is 9.47 Å². The van der Waals surface area contributed by atoms with Crippen LogP contribution in [0, 0.1) is 0 Å². The van der Waals surface area contributed by atoms with E-state index in [-0.39, 0.29) is 18.7 Å². The molecule has 0 atom stereocenters. The Balaban J connectivity index is 3.33. The number of esters is 2. The van der Waals surface area contributed by atoms with Crippen molar-refractivity contribution in [1.29, 1.82) is 0 Å². The first-order valence-electron chi connectivity index (χ1n) is 10.7. The summed E-state index contributed by atoms with van der Waals surface area (Å²) in [5, 5.41) is 0. The number of ether oxygens (including phenoxy) is 2. The summed E-state index contributed by atoms with van der Waals surface area (Å²) in [6.07, 6.45) is 20.2. The molecule has 0 saturated carbocycles. The molecular formula is C23H40O4. The largest absolute Gasteiger partial charge is 0.428 e. The van der Waals surface area contributed by atoms with Crippen molar-refractivity contribution in [3.05, 3.63) is 25.3 Å². The van der Waals surface area contributed by atoms with Gasteiger partial charge in [0.05, 0.1) is 0 Å². The molecule has 0 aromatic rings. The number of hydrogen-bond donors (Lipinski definition) is 0. The lowest BCUT2D eigenvalue weighted by molar-refractivity contribution is -0.167. The van der Waals surface area contributed by atoms with E-state index in [0.717, 1.165) is 51.4 Å². The second-order valence-electron chi connectivity index (χ2n) is 7.05. The Morgan fingerprint density at radius 2 is 0.889 bits per heavy atom. The average Bonchev–Trinajstić information content (AvgIpc) is 2.66. The molecule has 0 unspecified atom stereocenters. The van der Waals surface area contributed by atoms with Crippen molar-refractivity contribution in [2.45, 2.75) is 103 Å². The lowest BCUT2D eigenvalue weighted by Gasteiger charge is -2.06. The highest BCUT2D eigenvalue weighted by Crippen LogP contribution is 2.10. The Labute approximate surface area is 166 Å². The number of rotatable bonds is 20. The summed E-state index contributed by atoms with van der Waals surface area (Å²) < 4.78 is 9.91. The van der Waals surface area contributed by atoms with Crippen molar-refractivity contribution in [3.8, 4) is 0 Å². The first-order valence-corrected chi connectivity index (χ1v) is 10.7. The predicted octanol–water partition coefficient (Wildman–Crippen LogP) is 6.64. The van der Waals surface area contributed by atoms with Crippen molar-refractivity contribution < 1.29 is 19.1 Å². The minimum Gasteiger partial charge on any atom is -0.428 e. The molecule has 0 aliphatic carbocycles. The Hall–Kier alpha value is -1.58. The topological polar surface area (TPSA) is 52.6 Å². The molecule has 0 aliphatic rings. The van der Waals surface area contributed by atoms with Crippen LogP contribution >= 0.6 is 0 Å². The zero-order chi connectivity index (χ0) is 20.0. The first kappa shape index (κ1) is 25.4. The van der Waals surface area contributed by atoms with Gasteiger partial charge in [0.1, 0.15) is 0 Å². The van der Waals surface area contributed by atoms with Gasteiger partial charge >= 0.3 is 11.9 Å². The SMILES string of the molecule is C=CCCCCCCCCC(=O)OCOC(=O)CCCCCCCCC=C. The number of carbonyl (C=O) groups is 2. The van der Waals surface area contributed by atoms with Crippen LogP contribution < -0.4 is 0 Å². The van der Waals surface area contributed by atoms with Crippen LogP contribution in [-0.2, 0) is 19.1 Å². The van der Waals surface area contributed by atoms with E-state index in [9.17, 15) is 9.59 Å².